The summed E-state index contributed by atoms with van der Waals surface area (Å²) in [6.07, 6.45) is 0.706. The first kappa shape index (κ1) is 22.8. The second-order valence-electron chi connectivity index (χ2n) is 7.90. The molecule has 3 rings (SSSR count). The van der Waals surface area contributed by atoms with Gasteiger partial charge in [-0.1, -0.05) is 12.1 Å². The molecule has 2 aliphatic heterocycles. The van der Waals surface area contributed by atoms with E-state index in [4.69, 9.17) is 14.2 Å². The molecular weight excluding hydrogens is 386 g/mol. The van der Waals surface area contributed by atoms with Gasteiger partial charge in [-0.15, -0.1) is 0 Å². The highest BCUT2D eigenvalue weighted by atomic mass is 16.5. The van der Waals surface area contributed by atoms with Gasteiger partial charge in [0.2, 0.25) is 0 Å². The lowest BCUT2D eigenvalue weighted by Gasteiger charge is -2.38. The molecule has 0 bridgehead atoms. The minimum absolute atomic E-state index is 0.00109. The normalized spacial score (nSPS) is 25.2. The Balaban J connectivity index is 1.42. The van der Waals surface area contributed by atoms with E-state index in [1.54, 1.807) is 14.2 Å². The summed E-state index contributed by atoms with van der Waals surface area (Å²) in [6.45, 7) is 5.66. The summed E-state index contributed by atoms with van der Waals surface area (Å²) in [7, 11) is 3.30. The molecule has 0 saturated carbocycles. The molecule has 30 heavy (non-hydrogen) atoms. The molecule has 1 aromatic carbocycles. The van der Waals surface area contributed by atoms with Crippen molar-refractivity contribution in [2.45, 2.75) is 37.6 Å². The van der Waals surface area contributed by atoms with Gasteiger partial charge in [0, 0.05) is 46.4 Å². The molecule has 2 heterocycles. The van der Waals surface area contributed by atoms with Crippen molar-refractivity contribution in [1.82, 2.24) is 10.2 Å². The van der Waals surface area contributed by atoms with Crippen LogP contribution in [0.15, 0.2) is 24.3 Å². The first-order chi connectivity index (χ1) is 14.6. The lowest BCUT2D eigenvalue weighted by Crippen LogP contribution is -2.50. The number of nitrogens with one attached hydrogen (secondary N) is 1. The molecule has 2 saturated heterocycles. The lowest BCUT2D eigenvalue weighted by molar-refractivity contribution is -0.158. The maximum absolute atomic E-state index is 12.3. The number of aliphatic hydroxyl groups excluding tert-OH is 1. The van der Waals surface area contributed by atoms with Crippen LogP contribution >= 0.6 is 0 Å². The van der Waals surface area contributed by atoms with Crippen molar-refractivity contribution < 1.29 is 24.1 Å². The zero-order valence-electron chi connectivity index (χ0n) is 18.1. The summed E-state index contributed by atoms with van der Waals surface area (Å²) in [5.74, 6) is 0.657. The average Bonchev–Trinajstić information content (AvgIpc) is 2.79. The van der Waals surface area contributed by atoms with Crippen LogP contribution in [0, 0.1) is 0 Å². The molecule has 0 spiro atoms. The molecule has 3 unspecified atom stereocenters. The molecule has 0 radical (unpaired) electrons. The monoisotopic (exact) mass is 421 g/mol. The highest BCUT2D eigenvalue weighted by molar-refractivity contribution is 5.81. The number of ether oxygens (including phenoxy) is 3. The molecule has 3 atom stereocenters. The maximum atomic E-state index is 12.3. The van der Waals surface area contributed by atoms with Crippen molar-refractivity contribution in [3.63, 3.8) is 0 Å². The number of para-hydroxylation sites is 2. The zero-order chi connectivity index (χ0) is 21.3. The van der Waals surface area contributed by atoms with Gasteiger partial charge in [-0.25, -0.2) is 0 Å². The topological polar surface area (TPSA) is 83.5 Å². The number of methoxy groups -OCH3 is 2. The van der Waals surface area contributed by atoms with Crippen LogP contribution in [0.25, 0.3) is 0 Å². The van der Waals surface area contributed by atoms with Crippen LogP contribution in [0.5, 0.6) is 5.75 Å². The van der Waals surface area contributed by atoms with Crippen molar-refractivity contribution >= 4 is 11.6 Å². The summed E-state index contributed by atoms with van der Waals surface area (Å²) >= 11 is 0. The van der Waals surface area contributed by atoms with E-state index in [2.05, 4.69) is 21.2 Å². The highest BCUT2D eigenvalue weighted by Crippen LogP contribution is 2.28. The quantitative estimate of drug-likeness (QED) is 0.573. The molecule has 0 aliphatic carbocycles. The number of carbonyl (C=O) groups is 1. The minimum Gasteiger partial charge on any atom is -0.495 e. The van der Waals surface area contributed by atoms with Crippen LogP contribution < -0.4 is 15.0 Å². The Labute approximate surface area is 179 Å². The lowest BCUT2D eigenvalue weighted by atomic mass is 9.98. The third-order valence-corrected chi connectivity index (χ3v) is 5.90. The molecule has 1 amide bonds. The molecular formula is C22H35N3O5. The summed E-state index contributed by atoms with van der Waals surface area (Å²) < 4.78 is 16.4. The van der Waals surface area contributed by atoms with Gasteiger partial charge in [0.15, 0.2) is 6.10 Å². The molecule has 0 aromatic heterocycles. The van der Waals surface area contributed by atoms with Crippen molar-refractivity contribution in [1.29, 1.82) is 0 Å². The third-order valence-electron chi connectivity index (χ3n) is 5.90. The number of rotatable bonds is 9. The summed E-state index contributed by atoms with van der Waals surface area (Å²) in [4.78, 5) is 17.1. The Morgan fingerprint density at radius 1 is 1.20 bits per heavy atom. The van der Waals surface area contributed by atoms with Crippen molar-refractivity contribution in [2.75, 3.05) is 65.0 Å². The Bertz CT molecular complexity index is 666. The van der Waals surface area contributed by atoms with Crippen molar-refractivity contribution in [3.8, 4) is 5.75 Å². The van der Waals surface area contributed by atoms with Crippen LogP contribution in [0.4, 0.5) is 5.69 Å². The standard InChI is InChI=1S/C22H35N3O5/c1-28-16-10-23-22(27)21-19(26)8-7-17(30-21)9-11-24-12-14-25(15-13-24)18-5-3-4-6-20(18)29-2/h3-6,17,19,21,26H,7-16H2,1-2H3,(H,23,27). The second-order valence-corrected chi connectivity index (χ2v) is 7.90. The average molecular weight is 422 g/mol. The summed E-state index contributed by atoms with van der Waals surface area (Å²) in [5, 5.41) is 12.9. The van der Waals surface area contributed by atoms with Gasteiger partial charge in [-0.05, 0) is 31.4 Å². The zero-order valence-corrected chi connectivity index (χ0v) is 18.1. The number of anilines is 1. The molecule has 2 N–H and O–H groups in total. The number of aliphatic hydroxyl groups is 1. The molecule has 2 aliphatic rings. The fourth-order valence-corrected chi connectivity index (χ4v) is 4.13. The largest absolute Gasteiger partial charge is 0.495 e. The Morgan fingerprint density at radius 2 is 1.97 bits per heavy atom. The number of hydrogen-bond donors (Lipinski definition) is 2. The SMILES string of the molecule is COCCNC(=O)C1OC(CCN2CCN(c3ccccc3OC)CC2)CCC1O. The van der Waals surface area contributed by atoms with Crippen LogP contribution in [0.1, 0.15) is 19.3 Å². The number of benzene rings is 1. The predicted molar refractivity (Wildman–Crippen MR) is 115 cm³/mol. The highest BCUT2D eigenvalue weighted by Gasteiger charge is 2.35. The van der Waals surface area contributed by atoms with Gasteiger partial charge < -0.3 is 29.5 Å². The van der Waals surface area contributed by atoms with E-state index in [9.17, 15) is 9.90 Å². The van der Waals surface area contributed by atoms with E-state index >= 15 is 0 Å². The Kier molecular flexibility index (Phi) is 8.74. The second kappa shape index (κ2) is 11.5. The molecule has 8 nitrogen and oxygen atoms in total. The van der Waals surface area contributed by atoms with Gasteiger partial charge >= 0.3 is 0 Å². The fraction of sp³-hybridized carbons (Fsp3) is 0.682. The molecule has 2 fully saturated rings. The summed E-state index contributed by atoms with van der Waals surface area (Å²) in [5.41, 5.74) is 1.14. The summed E-state index contributed by atoms with van der Waals surface area (Å²) in [6, 6.07) is 8.14. The van der Waals surface area contributed by atoms with Crippen LogP contribution in [0.3, 0.4) is 0 Å². The van der Waals surface area contributed by atoms with Crippen molar-refractivity contribution in [3.05, 3.63) is 24.3 Å². The van der Waals surface area contributed by atoms with Crippen LogP contribution in [0.2, 0.25) is 0 Å². The van der Waals surface area contributed by atoms with Gasteiger partial charge in [-0.3, -0.25) is 9.69 Å². The minimum atomic E-state index is -0.789. The van der Waals surface area contributed by atoms with E-state index in [1.807, 2.05) is 18.2 Å². The Hall–Kier alpha value is -1.87. The van der Waals surface area contributed by atoms with Crippen molar-refractivity contribution in [2.24, 2.45) is 0 Å². The Morgan fingerprint density at radius 3 is 2.70 bits per heavy atom. The van der Waals surface area contributed by atoms with Gasteiger partial charge in [-0.2, -0.15) is 0 Å². The maximum Gasteiger partial charge on any atom is 0.251 e. The number of hydrogen-bond acceptors (Lipinski definition) is 7. The van der Waals surface area contributed by atoms with Gasteiger partial charge in [0.1, 0.15) is 5.75 Å². The third kappa shape index (κ3) is 6.07. The molecule has 8 heteroatoms. The fourth-order valence-electron chi connectivity index (χ4n) is 4.13. The number of piperazine rings is 1. The van der Waals surface area contributed by atoms with Gasteiger partial charge in [0.05, 0.1) is 31.6 Å². The smallest absolute Gasteiger partial charge is 0.251 e. The first-order valence-electron chi connectivity index (χ1n) is 10.8. The predicted octanol–water partition coefficient (Wildman–Crippen LogP) is 0.878. The van der Waals surface area contributed by atoms with E-state index in [1.165, 1.54) is 0 Å². The number of nitrogens with zero attached hydrogens (tertiary/aromatic N) is 2. The first-order valence-corrected chi connectivity index (χ1v) is 10.8. The van der Waals surface area contributed by atoms with Crippen LogP contribution in [-0.4, -0.2) is 94.3 Å². The number of amides is 1. The van der Waals surface area contributed by atoms with E-state index in [0.717, 1.165) is 57.0 Å². The van der Waals surface area contributed by atoms with E-state index in [-0.39, 0.29) is 12.0 Å². The number of carbonyl (C=O) groups excluding carboxylic acids is 1. The molecule has 1 aromatic rings. The van der Waals surface area contributed by atoms with E-state index < -0.39 is 12.2 Å². The van der Waals surface area contributed by atoms with Gasteiger partial charge in [0.25, 0.3) is 5.91 Å². The molecule has 168 valence electrons. The van der Waals surface area contributed by atoms with Crippen LogP contribution in [-0.2, 0) is 14.3 Å². The van der Waals surface area contributed by atoms with E-state index in [0.29, 0.717) is 19.6 Å².